The average Bonchev–Trinajstić information content (AvgIpc) is 2.03. The Kier molecular flexibility index (Phi) is 14.8. The van der Waals surface area contributed by atoms with Gasteiger partial charge in [0, 0.05) is 0 Å². The van der Waals surface area contributed by atoms with Crippen molar-refractivity contribution in [3.8, 4) is 0 Å². The van der Waals surface area contributed by atoms with Gasteiger partial charge in [-0.05, 0) is 12.3 Å². The Bertz CT molecular complexity index is 67.4. The van der Waals surface area contributed by atoms with Crippen LogP contribution in [0, 0.1) is 0 Å². The number of aliphatic hydroxyl groups excluding tert-OH is 3. The number of hydrogen-bond donors (Lipinski definition) is 4. The van der Waals surface area contributed by atoms with E-state index in [1.54, 1.807) is 5.41 Å². The molecule has 0 unspecified atom stereocenters. The zero-order valence-corrected chi connectivity index (χ0v) is 6.83. The molecular formula is C6H14O3S. The van der Waals surface area contributed by atoms with Gasteiger partial charge in [0.25, 0.3) is 0 Å². The Hall–Kier alpha value is -0.0300. The Morgan fingerprint density at radius 2 is 1.70 bits per heavy atom. The van der Waals surface area contributed by atoms with Gasteiger partial charge in [-0.3, -0.25) is 0 Å². The van der Waals surface area contributed by atoms with Crippen molar-refractivity contribution in [1.29, 1.82) is 0 Å². The number of aliphatic hydroxyl groups is 3. The lowest BCUT2D eigenvalue weighted by Crippen LogP contribution is -2.15. The fourth-order valence-electron chi connectivity index (χ4n) is 0.0577. The molecule has 0 rings (SSSR count). The maximum Gasteiger partial charge on any atom is 0.100 e. The van der Waals surface area contributed by atoms with Gasteiger partial charge >= 0.3 is 0 Å². The van der Waals surface area contributed by atoms with Gasteiger partial charge in [0.1, 0.15) is 6.10 Å². The number of rotatable bonds is 2. The smallest absolute Gasteiger partial charge is 0.100 e. The lowest BCUT2D eigenvalue weighted by atomic mass is 10.4. The van der Waals surface area contributed by atoms with E-state index in [4.69, 9.17) is 15.3 Å². The molecule has 0 spiro atoms. The van der Waals surface area contributed by atoms with Gasteiger partial charge in [-0.25, -0.2) is 0 Å². The molecule has 0 atom stereocenters. The van der Waals surface area contributed by atoms with Crippen molar-refractivity contribution in [3.05, 3.63) is 11.5 Å². The van der Waals surface area contributed by atoms with Crippen LogP contribution >= 0.6 is 12.6 Å². The van der Waals surface area contributed by atoms with Gasteiger partial charge in [0.05, 0.1) is 13.2 Å². The van der Waals surface area contributed by atoms with Gasteiger partial charge in [-0.2, -0.15) is 12.6 Å². The minimum absolute atomic E-state index is 0.365. The summed E-state index contributed by atoms with van der Waals surface area (Å²) in [4.78, 5) is 0. The van der Waals surface area contributed by atoms with Gasteiger partial charge in [0.2, 0.25) is 0 Å². The molecule has 0 aromatic carbocycles. The summed E-state index contributed by atoms with van der Waals surface area (Å²) in [6.07, 6.45) is 0.910. The SMILES string of the molecule is CC=CS.OCC(O)CO. The third kappa shape index (κ3) is 15.7. The van der Waals surface area contributed by atoms with Crippen molar-refractivity contribution in [1.82, 2.24) is 0 Å². The molecule has 0 aliphatic rings. The predicted octanol–water partition coefficient (Wildman–Crippen LogP) is -0.218. The van der Waals surface area contributed by atoms with Gasteiger partial charge < -0.3 is 15.3 Å². The van der Waals surface area contributed by atoms with E-state index in [0.29, 0.717) is 0 Å². The largest absolute Gasteiger partial charge is 0.394 e. The standard InChI is InChI=1S/C3H8O3.C3H6S/c4-1-3(6)2-5;1-2-3-4/h3-6H,1-2H2;2-4H,1H3. The fourth-order valence-corrected chi connectivity index (χ4v) is 0.0577. The quantitative estimate of drug-likeness (QED) is 0.429. The first-order valence-electron chi connectivity index (χ1n) is 2.88. The normalized spacial score (nSPS) is 9.80. The summed E-state index contributed by atoms with van der Waals surface area (Å²) in [7, 11) is 0. The van der Waals surface area contributed by atoms with Crippen LogP contribution in [0.5, 0.6) is 0 Å². The number of hydrogen-bond acceptors (Lipinski definition) is 4. The maximum atomic E-state index is 8.17. The topological polar surface area (TPSA) is 60.7 Å². The summed E-state index contributed by atoms with van der Waals surface area (Å²) < 4.78 is 0. The Morgan fingerprint density at radius 1 is 1.40 bits per heavy atom. The van der Waals surface area contributed by atoms with Crippen molar-refractivity contribution < 1.29 is 15.3 Å². The molecule has 0 heterocycles. The molecule has 0 bridgehead atoms. The molecule has 4 heteroatoms. The molecule has 0 aliphatic carbocycles. The van der Waals surface area contributed by atoms with E-state index in [1.165, 1.54) is 0 Å². The highest BCUT2D eigenvalue weighted by molar-refractivity contribution is 7.83. The van der Waals surface area contributed by atoms with Crippen LogP contribution in [-0.4, -0.2) is 34.6 Å². The maximum absolute atomic E-state index is 8.17. The second-order valence-electron chi connectivity index (χ2n) is 1.50. The van der Waals surface area contributed by atoms with Crippen molar-refractivity contribution in [2.24, 2.45) is 0 Å². The highest BCUT2D eigenvalue weighted by Gasteiger charge is 1.93. The molecule has 62 valence electrons. The molecule has 0 saturated carbocycles. The molecule has 10 heavy (non-hydrogen) atoms. The summed E-state index contributed by atoms with van der Waals surface area (Å²) in [5, 5.41) is 25.7. The summed E-state index contributed by atoms with van der Waals surface area (Å²) in [5.41, 5.74) is 0. The van der Waals surface area contributed by atoms with E-state index >= 15 is 0 Å². The van der Waals surface area contributed by atoms with Crippen LogP contribution in [0.2, 0.25) is 0 Å². The first-order chi connectivity index (χ1) is 4.72. The first kappa shape index (κ1) is 12.6. The molecule has 0 aromatic rings. The molecule has 0 radical (unpaired) electrons. The predicted molar refractivity (Wildman–Crippen MR) is 44.0 cm³/mol. The highest BCUT2D eigenvalue weighted by atomic mass is 32.1. The molecule has 0 fully saturated rings. The molecule has 0 aliphatic heterocycles. The van der Waals surface area contributed by atoms with Gasteiger partial charge in [-0.1, -0.05) is 6.08 Å². The van der Waals surface area contributed by atoms with Crippen LogP contribution in [0.25, 0.3) is 0 Å². The summed E-state index contributed by atoms with van der Waals surface area (Å²) >= 11 is 3.74. The van der Waals surface area contributed by atoms with E-state index in [2.05, 4.69) is 12.6 Å². The fraction of sp³-hybridized carbons (Fsp3) is 0.667. The zero-order chi connectivity index (χ0) is 8.41. The minimum atomic E-state index is -0.954. The van der Waals surface area contributed by atoms with Gasteiger partial charge in [-0.15, -0.1) is 0 Å². The molecule has 3 N–H and O–H groups in total. The van der Waals surface area contributed by atoms with Crippen LogP contribution in [0.3, 0.4) is 0 Å². The van der Waals surface area contributed by atoms with Crippen LogP contribution in [-0.2, 0) is 0 Å². The Balaban J connectivity index is 0. The summed E-state index contributed by atoms with van der Waals surface area (Å²) in [5.74, 6) is 0. The lowest BCUT2D eigenvalue weighted by Gasteiger charge is -1.96. The lowest BCUT2D eigenvalue weighted by molar-refractivity contribution is 0.0450. The third-order valence-corrected chi connectivity index (χ3v) is 0.869. The van der Waals surface area contributed by atoms with E-state index in [-0.39, 0.29) is 13.2 Å². The first-order valence-corrected chi connectivity index (χ1v) is 3.39. The Labute approximate surface area is 66.4 Å². The van der Waals surface area contributed by atoms with Crippen LogP contribution in [0.15, 0.2) is 11.5 Å². The van der Waals surface area contributed by atoms with E-state index in [0.717, 1.165) is 0 Å². The Morgan fingerprint density at radius 3 is 1.70 bits per heavy atom. The molecule has 3 nitrogen and oxygen atoms in total. The van der Waals surface area contributed by atoms with E-state index in [1.807, 2.05) is 13.0 Å². The summed E-state index contributed by atoms with van der Waals surface area (Å²) in [6, 6.07) is 0. The monoisotopic (exact) mass is 166 g/mol. The molecule has 0 amide bonds. The van der Waals surface area contributed by atoms with Gasteiger partial charge in [0.15, 0.2) is 0 Å². The third-order valence-electron chi connectivity index (χ3n) is 0.571. The zero-order valence-electron chi connectivity index (χ0n) is 5.94. The van der Waals surface area contributed by atoms with Crippen molar-refractivity contribution in [2.45, 2.75) is 13.0 Å². The van der Waals surface area contributed by atoms with E-state index in [9.17, 15) is 0 Å². The molecule has 0 saturated heterocycles. The van der Waals surface area contributed by atoms with Crippen molar-refractivity contribution >= 4 is 12.6 Å². The van der Waals surface area contributed by atoms with Crippen LogP contribution in [0.1, 0.15) is 6.92 Å². The number of allylic oxidation sites excluding steroid dienone is 1. The molecule has 0 aromatic heterocycles. The van der Waals surface area contributed by atoms with Crippen LogP contribution in [0.4, 0.5) is 0 Å². The number of thiol groups is 1. The average molecular weight is 166 g/mol. The van der Waals surface area contributed by atoms with Crippen molar-refractivity contribution in [3.63, 3.8) is 0 Å². The van der Waals surface area contributed by atoms with E-state index < -0.39 is 6.10 Å². The summed E-state index contributed by atoms with van der Waals surface area (Å²) in [6.45, 7) is 1.19. The van der Waals surface area contributed by atoms with Crippen LogP contribution < -0.4 is 0 Å². The highest BCUT2D eigenvalue weighted by Crippen LogP contribution is 1.71. The van der Waals surface area contributed by atoms with Crippen molar-refractivity contribution in [2.75, 3.05) is 13.2 Å². The molecular weight excluding hydrogens is 152 g/mol. The second-order valence-corrected chi connectivity index (χ2v) is 1.80. The second kappa shape index (κ2) is 11.7. The minimum Gasteiger partial charge on any atom is -0.394 e.